The lowest BCUT2D eigenvalue weighted by Gasteiger charge is -2.29. The van der Waals surface area contributed by atoms with E-state index in [0.717, 1.165) is 0 Å². The van der Waals surface area contributed by atoms with Crippen molar-refractivity contribution in [2.45, 2.75) is 26.3 Å². The molecule has 1 atom stereocenters. The number of H-pyrrole nitrogens is 1. The average molecular weight is 413 g/mol. The topological polar surface area (TPSA) is 112 Å². The van der Waals surface area contributed by atoms with Crippen LogP contribution in [-0.4, -0.2) is 36.3 Å². The molecule has 0 amide bonds. The smallest absolute Gasteiger partial charge is 0.337 e. The third-order valence-electron chi connectivity index (χ3n) is 5.27. The molecule has 0 saturated heterocycles. The van der Waals surface area contributed by atoms with Gasteiger partial charge in [-0.2, -0.15) is 0 Å². The monoisotopic (exact) mass is 413 g/mol. The fourth-order valence-corrected chi connectivity index (χ4v) is 4.08. The predicted octanol–water partition coefficient (Wildman–Crippen LogP) is 1.58. The number of hydrogen-bond acceptors (Lipinski definition) is 7. The summed E-state index contributed by atoms with van der Waals surface area (Å²) in [6, 6.07) is 5.27. The van der Waals surface area contributed by atoms with Gasteiger partial charge in [-0.25, -0.2) is 9.59 Å². The summed E-state index contributed by atoms with van der Waals surface area (Å²) in [5.41, 5.74) is 0.624. The van der Waals surface area contributed by atoms with Crippen molar-refractivity contribution in [1.29, 1.82) is 0 Å². The summed E-state index contributed by atoms with van der Waals surface area (Å²) >= 11 is 0. The number of para-hydroxylation sites is 1. The van der Waals surface area contributed by atoms with Gasteiger partial charge in [0.15, 0.2) is 11.5 Å². The van der Waals surface area contributed by atoms with Gasteiger partial charge in [0.05, 0.1) is 37.0 Å². The second-order valence-corrected chi connectivity index (χ2v) is 7.64. The van der Waals surface area contributed by atoms with Crippen molar-refractivity contribution in [3.05, 3.63) is 61.4 Å². The van der Waals surface area contributed by atoms with Crippen LogP contribution in [0.3, 0.4) is 0 Å². The van der Waals surface area contributed by atoms with Crippen LogP contribution in [0.25, 0.3) is 0 Å². The molecule has 0 fully saturated rings. The van der Waals surface area contributed by atoms with Crippen molar-refractivity contribution in [1.82, 2.24) is 9.55 Å². The van der Waals surface area contributed by atoms with Crippen molar-refractivity contribution < 1.29 is 19.0 Å². The number of nitrogens with zero attached hydrogens (tertiary/aromatic N) is 1. The fourth-order valence-electron chi connectivity index (χ4n) is 4.08. The highest BCUT2D eigenvalue weighted by atomic mass is 16.5. The van der Waals surface area contributed by atoms with Crippen molar-refractivity contribution >= 4 is 11.8 Å². The van der Waals surface area contributed by atoms with Gasteiger partial charge in [0, 0.05) is 12.1 Å². The van der Waals surface area contributed by atoms with Crippen molar-refractivity contribution in [3.8, 4) is 11.5 Å². The molecule has 2 aliphatic rings. The minimum Gasteiger partial charge on any atom is -0.493 e. The number of methoxy groups -OCH3 is 2. The van der Waals surface area contributed by atoms with Crippen LogP contribution >= 0.6 is 0 Å². The van der Waals surface area contributed by atoms with E-state index >= 15 is 0 Å². The summed E-state index contributed by atoms with van der Waals surface area (Å²) in [6.45, 7) is 4.38. The lowest BCUT2D eigenvalue weighted by molar-refractivity contribution is -0.136. The Morgan fingerprint density at radius 2 is 1.97 bits per heavy atom. The van der Waals surface area contributed by atoms with Crippen LogP contribution in [0.4, 0.5) is 5.82 Å². The summed E-state index contributed by atoms with van der Waals surface area (Å²) in [6.07, 6.45) is 0. The molecule has 1 aromatic carbocycles. The van der Waals surface area contributed by atoms with E-state index in [0.29, 0.717) is 40.7 Å². The van der Waals surface area contributed by atoms with Gasteiger partial charge in [0.2, 0.25) is 0 Å². The highest BCUT2D eigenvalue weighted by Gasteiger charge is 2.42. The summed E-state index contributed by atoms with van der Waals surface area (Å²) in [5.74, 6) is 0.101. The molecule has 0 aliphatic carbocycles. The fraction of sp³-hybridized carbons (Fsp3) is 0.381. The predicted molar refractivity (Wildman–Crippen MR) is 109 cm³/mol. The standard InChI is InChI=1S/C21H23N3O6/c1-10(2)8-24-18-16(19(25)23-21(24)27)14(15-12(22-18)9-30-20(15)26)11-6-5-7-13(28-3)17(11)29-4/h5-7,10,14,22H,8-9H2,1-4H3,(H,23,25,27). The van der Waals surface area contributed by atoms with Gasteiger partial charge in [0.1, 0.15) is 12.4 Å². The van der Waals surface area contributed by atoms with E-state index in [1.54, 1.807) is 18.2 Å². The van der Waals surface area contributed by atoms with Gasteiger partial charge < -0.3 is 19.5 Å². The number of ether oxygens (including phenoxy) is 3. The number of benzene rings is 1. The maximum absolute atomic E-state index is 13.0. The molecule has 158 valence electrons. The Balaban J connectivity index is 2.06. The average Bonchev–Trinajstić information content (AvgIpc) is 3.09. The number of fused-ring (bicyclic) bond motifs is 1. The quantitative estimate of drug-likeness (QED) is 0.716. The zero-order valence-electron chi connectivity index (χ0n) is 17.2. The number of cyclic esters (lactones) is 1. The first-order valence-corrected chi connectivity index (χ1v) is 9.62. The van der Waals surface area contributed by atoms with Crippen molar-refractivity contribution in [2.75, 3.05) is 26.1 Å². The largest absolute Gasteiger partial charge is 0.493 e. The number of aromatic nitrogens is 2. The Hall–Kier alpha value is -3.49. The number of aromatic amines is 1. The van der Waals surface area contributed by atoms with Crippen LogP contribution in [0.1, 0.15) is 30.9 Å². The number of carbonyl (C=O) groups excluding carboxylic acids is 1. The van der Waals surface area contributed by atoms with Gasteiger partial charge in [0.25, 0.3) is 5.56 Å². The lowest BCUT2D eigenvalue weighted by Crippen LogP contribution is -2.39. The summed E-state index contributed by atoms with van der Waals surface area (Å²) < 4.78 is 17.7. The van der Waals surface area contributed by atoms with E-state index in [9.17, 15) is 14.4 Å². The maximum Gasteiger partial charge on any atom is 0.337 e. The molecule has 1 aromatic heterocycles. The molecule has 1 unspecified atom stereocenters. The molecule has 2 N–H and O–H groups in total. The number of esters is 1. The molecule has 0 spiro atoms. The summed E-state index contributed by atoms with van der Waals surface area (Å²) in [4.78, 5) is 40.6. The zero-order valence-corrected chi connectivity index (χ0v) is 17.2. The molecule has 0 bridgehead atoms. The molecule has 9 heteroatoms. The van der Waals surface area contributed by atoms with Crippen LogP contribution < -0.4 is 26.0 Å². The van der Waals surface area contributed by atoms with E-state index in [1.165, 1.54) is 18.8 Å². The number of hydrogen-bond donors (Lipinski definition) is 2. The van der Waals surface area contributed by atoms with Gasteiger partial charge in [-0.05, 0) is 12.0 Å². The second kappa shape index (κ2) is 7.40. The third kappa shape index (κ3) is 2.97. The molecule has 9 nitrogen and oxygen atoms in total. The van der Waals surface area contributed by atoms with Crippen LogP contribution in [0, 0.1) is 5.92 Å². The number of anilines is 1. The van der Waals surface area contributed by atoms with Crippen LogP contribution in [0.15, 0.2) is 39.1 Å². The zero-order chi connectivity index (χ0) is 21.6. The molecule has 2 aliphatic heterocycles. The molecular weight excluding hydrogens is 390 g/mol. The Morgan fingerprint density at radius 3 is 2.63 bits per heavy atom. The summed E-state index contributed by atoms with van der Waals surface area (Å²) in [7, 11) is 3.01. The molecular formula is C21H23N3O6. The first kappa shape index (κ1) is 19.8. The van der Waals surface area contributed by atoms with Gasteiger partial charge in [-0.15, -0.1) is 0 Å². The number of rotatable bonds is 5. The summed E-state index contributed by atoms with van der Waals surface area (Å²) in [5, 5.41) is 3.12. The Morgan fingerprint density at radius 1 is 1.20 bits per heavy atom. The second-order valence-electron chi connectivity index (χ2n) is 7.64. The minimum absolute atomic E-state index is 0.0407. The van der Waals surface area contributed by atoms with E-state index in [2.05, 4.69) is 10.3 Å². The minimum atomic E-state index is -0.779. The normalized spacial score (nSPS) is 17.4. The molecule has 0 radical (unpaired) electrons. The van der Waals surface area contributed by atoms with Crippen LogP contribution in [0.5, 0.6) is 11.5 Å². The molecule has 30 heavy (non-hydrogen) atoms. The van der Waals surface area contributed by atoms with Crippen LogP contribution in [-0.2, 0) is 16.1 Å². The van der Waals surface area contributed by atoms with Gasteiger partial charge in [-0.1, -0.05) is 26.0 Å². The Labute approximate surface area is 172 Å². The van der Waals surface area contributed by atoms with Crippen molar-refractivity contribution in [2.24, 2.45) is 5.92 Å². The third-order valence-corrected chi connectivity index (χ3v) is 5.27. The van der Waals surface area contributed by atoms with E-state index in [1.807, 2.05) is 13.8 Å². The Bertz CT molecular complexity index is 1170. The molecule has 0 saturated carbocycles. The number of carbonyl (C=O) groups is 1. The Kier molecular flexibility index (Phi) is 4.89. The molecule has 2 aromatic rings. The highest BCUT2D eigenvalue weighted by Crippen LogP contribution is 2.47. The van der Waals surface area contributed by atoms with Crippen LogP contribution in [0.2, 0.25) is 0 Å². The van der Waals surface area contributed by atoms with Gasteiger partial charge in [-0.3, -0.25) is 14.3 Å². The van der Waals surface area contributed by atoms with Gasteiger partial charge >= 0.3 is 11.7 Å². The van der Waals surface area contributed by atoms with E-state index in [-0.39, 0.29) is 18.1 Å². The maximum atomic E-state index is 13.0. The number of nitrogens with one attached hydrogen (secondary N) is 2. The molecule has 3 heterocycles. The first-order valence-electron chi connectivity index (χ1n) is 9.62. The highest BCUT2D eigenvalue weighted by molar-refractivity contribution is 5.97. The van der Waals surface area contributed by atoms with Crippen molar-refractivity contribution in [3.63, 3.8) is 0 Å². The van der Waals surface area contributed by atoms with E-state index < -0.39 is 23.1 Å². The molecule has 4 rings (SSSR count). The van der Waals surface area contributed by atoms with E-state index in [4.69, 9.17) is 14.2 Å². The first-order chi connectivity index (χ1) is 14.4. The lowest BCUT2D eigenvalue weighted by atomic mass is 9.82. The SMILES string of the molecule is COc1cccc(C2C3=C(COC3=O)Nc3c2c(=O)[nH]c(=O)n3CC(C)C)c1OC.